The first-order chi connectivity index (χ1) is 3.31. The maximum atomic E-state index is 2.34. The van der Waals surface area contributed by atoms with Crippen LogP contribution in [0.25, 0.3) is 0 Å². The summed E-state index contributed by atoms with van der Waals surface area (Å²) in [6, 6.07) is 0. The minimum absolute atomic E-state index is 1.16. The van der Waals surface area contributed by atoms with Gasteiger partial charge in [-0.1, -0.05) is 13.8 Å². The van der Waals surface area contributed by atoms with Crippen LogP contribution in [0.15, 0.2) is 0 Å². The Morgan fingerprint density at radius 1 is 1.43 bits per heavy atom. The van der Waals surface area contributed by atoms with Gasteiger partial charge in [-0.3, -0.25) is 0 Å². The lowest BCUT2D eigenvalue weighted by molar-refractivity contribution is 0.532. The van der Waals surface area contributed by atoms with Gasteiger partial charge in [0, 0.05) is 36.0 Å². The smallest absolute Gasteiger partial charge is 0.0201 e. The monoisotopic (exact) mass is 213 g/mol. The fraction of sp³-hybridized carbons (Fsp3) is 1.00. The summed E-state index contributed by atoms with van der Waals surface area (Å²) in [6.45, 7) is 6.74. The van der Waals surface area contributed by atoms with Crippen LogP contribution in [0.1, 0.15) is 20.3 Å². The molecule has 0 heterocycles. The average Bonchev–Trinajstić information content (AvgIpc) is 1.68. The molecule has 0 fully saturated rings. The molecule has 1 nitrogen and oxygen atoms in total. The summed E-state index contributed by atoms with van der Waals surface area (Å²) in [6.07, 6.45) is 1.26. The van der Waals surface area contributed by atoms with Gasteiger partial charge >= 0.3 is 0 Å². The quantitative estimate of drug-likeness (QED) is 0.512. The number of hydrogen-bond donors (Lipinski definition) is 0. The fourth-order valence-electron chi connectivity index (χ4n) is 0.401. The van der Waals surface area contributed by atoms with Gasteiger partial charge in [-0.2, -0.15) is 0 Å². The lowest BCUT2D eigenvalue weighted by Crippen LogP contribution is -2.09. The Labute approximate surface area is 59.6 Å². The zero-order valence-corrected chi connectivity index (χ0v) is 7.10. The van der Waals surface area contributed by atoms with Crippen LogP contribution < -0.4 is 0 Å². The van der Waals surface area contributed by atoms with Crippen molar-refractivity contribution in [2.24, 2.45) is 0 Å². The van der Waals surface area contributed by atoms with Crippen LogP contribution in [0.4, 0.5) is 0 Å². The maximum absolute atomic E-state index is 2.34. The number of hydrogen-bond acceptors (Lipinski definition) is 1. The number of halogens is 1. The van der Waals surface area contributed by atoms with E-state index in [2.05, 4.69) is 39.8 Å². The Hall–Kier alpha value is 0.690. The summed E-state index contributed by atoms with van der Waals surface area (Å²) in [5.41, 5.74) is 0. The van der Waals surface area contributed by atoms with Crippen LogP contribution in [0.3, 0.4) is 0 Å². The molecule has 0 saturated carbocycles. The van der Waals surface area contributed by atoms with Crippen LogP contribution in [0.5, 0.6) is 0 Å². The van der Waals surface area contributed by atoms with Crippen molar-refractivity contribution < 1.29 is 0 Å². The Morgan fingerprint density at radius 2 is 2.00 bits per heavy atom. The van der Waals surface area contributed by atoms with Crippen LogP contribution in [-0.4, -0.2) is 16.2 Å². The van der Waals surface area contributed by atoms with E-state index in [1.165, 1.54) is 13.0 Å². The lowest BCUT2D eigenvalue weighted by Gasteiger charge is -2.07. The molecule has 0 saturated heterocycles. The molecule has 2 heteroatoms. The van der Waals surface area contributed by atoms with Gasteiger partial charge in [-0.05, 0) is 6.42 Å². The summed E-state index contributed by atoms with van der Waals surface area (Å²) in [5.74, 6) is 0. The molecule has 0 bridgehead atoms. The Kier molecular flexibility index (Phi) is 5.32. The van der Waals surface area contributed by atoms with Crippen LogP contribution >= 0.6 is 22.9 Å². The Bertz CT molecular complexity index is 39.1. The summed E-state index contributed by atoms with van der Waals surface area (Å²) < 4.78 is 2.28. The highest BCUT2D eigenvalue weighted by Crippen LogP contribution is 1.96. The molecule has 0 radical (unpaired) electrons. The van der Waals surface area contributed by atoms with Crippen molar-refractivity contribution in [1.82, 2.24) is 3.11 Å². The van der Waals surface area contributed by atoms with Gasteiger partial charge in [0.2, 0.25) is 0 Å². The third kappa shape index (κ3) is 4.55. The SMILES string of the molecule is CCCN(I)CC. The zero-order chi connectivity index (χ0) is 5.70. The van der Waals surface area contributed by atoms with E-state index in [0.717, 1.165) is 6.54 Å². The van der Waals surface area contributed by atoms with Gasteiger partial charge in [0.05, 0.1) is 0 Å². The highest BCUT2D eigenvalue weighted by Gasteiger charge is 1.89. The topological polar surface area (TPSA) is 3.24 Å². The second-order valence-corrected chi connectivity index (χ2v) is 2.87. The molecule has 7 heavy (non-hydrogen) atoms. The van der Waals surface area contributed by atoms with E-state index in [9.17, 15) is 0 Å². The molecule has 0 aromatic carbocycles. The predicted octanol–water partition coefficient (Wildman–Crippen LogP) is 2.07. The fourth-order valence-corrected chi connectivity index (χ4v) is 0.883. The molecule has 0 atom stereocenters. The molecule has 0 N–H and O–H groups in total. The highest BCUT2D eigenvalue weighted by atomic mass is 127. The first-order valence-electron chi connectivity index (χ1n) is 2.72. The predicted molar refractivity (Wildman–Crippen MR) is 41.6 cm³/mol. The van der Waals surface area contributed by atoms with Gasteiger partial charge in [-0.15, -0.1) is 0 Å². The van der Waals surface area contributed by atoms with E-state index in [1.54, 1.807) is 0 Å². The first kappa shape index (κ1) is 7.69. The van der Waals surface area contributed by atoms with E-state index in [0.29, 0.717) is 0 Å². The van der Waals surface area contributed by atoms with Crippen LogP contribution in [0, 0.1) is 0 Å². The number of nitrogens with zero attached hydrogens (tertiary/aromatic N) is 1. The van der Waals surface area contributed by atoms with Gasteiger partial charge < -0.3 is 0 Å². The van der Waals surface area contributed by atoms with Crippen LogP contribution in [0.2, 0.25) is 0 Å². The van der Waals surface area contributed by atoms with E-state index >= 15 is 0 Å². The normalized spacial score (nSPS) is 10.3. The van der Waals surface area contributed by atoms with Crippen molar-refractivity contribution in [3.8, 4) is 0 Å². The Balaban J connectivity index is 2.83. The van der Waals surface area contributed by atoms with E-state index < -0.39 is 0 Å². The molecule has 44 valence electrons. The van der Waals surface area contributed by atoms with Gasteiger partial charge in [0.1, 0.15) is 0 Å². The van der Waals surface area contributed by atoms with Crippen molar-refractivity contribution in [2.75, 3.05) is 13.1 Å². The van der Waals surface area contributed by atoms with Crippen molar-refractivity contribution in [1.29, 1.82) is 0 Å². The van der Waals surface area contributed by atoms with Crippen molar-refractivity contribution in [3.63, 3.8) is 0 Å². The molecule has 0 spiro atoms. The van der Waals surface area contributed by atoms with Crippen molar-refractivity contribution >= 4 is 22.9 Å². The van der Waals surface area contributed by atoms with Crippen LogP contribution in [-0.2, 0) is 0 Å². The van der Waals surface area contributed by atoms with E-state index in [4.69, 9.17) is 0 Å². The summed E-state index contributed by atoms with van der Waals surface area (Å²) in [5, 5.41) is 0. The van der Waals surface area contributed by atoms with Gasteiger partial charge in [0.25, 0.3) is 0 Å². The molecule has 0 unspecified atom stereocenters. The summed E-state index contributed by atoms with van der Waals surface area (Å²) >= 11 is 2.34. The van der Waals surface area contributed by atoms with E-state index in [-0.39, 0.29) is 0 Å². The summed E-state index contributed by atoms with van der Waals surface area (Å²) in [7, 11) is 0. The second-order valence-electron chi connectivity index (χ2n) is 1.50. The highest BCUT2D eigenvalue weighted by molar-refractivity contribution is 14.1. The molecule has 0 aromatic rings. The van der Waals surface area contributed by atoms with Gasteiger partial charge in [0.15, 0.2) is 0 Å². The summed E-state index contributed by atoms with van der Waals surface area (Å²) in [4.78, 5) is 0. The molecule has 0 rings (SSSR count). The zero-order valence-electron chi connectivity index (χ0n) is 4.95. The minimum Gasteiger partial charge on any atom is -0.248 e. The second kappa shape index (κ2) is 4.84. The molecule has 0 aliphatic carbocycles. The largest absolute Gasteiger partial charge is 0.248 e. The third-order valence-electron chi connectivity index (χ3n) is 0.809. The lowest BCUT2D eigenvalue weighted by atomic mass is 10.5. The standard InChI is InChI=1S/C5H12IN/c1-3-5-7(6)4-2/h3-5H2,1-2H3. The average molecular weight is 213 g/mol. The molecule has 0 aliphatic rings. The molecule has 0 amide bonds. The maximum Gasteiger partial charge on any atom is 0.0201 e. The van der Waals surface area contributed by atoms with Crippen molar-refractivity contribution in [2.45, 2.75) is 20.3 Å². The Morgan fingerprint density at radius 3 is 2.14 bits per heavy atom. The van der Waals surface area contributed by atoms with E-state index in [1.807, 2.05) is 0 Å². The molecular formula is C5H12IN. The molecule has 0 aromatic heterocycles. The minimum atomic E-state index is 1.16. The molecule has 0 aliphatic heterocycles. The third-order valence-corrected chi connectivity index (χ3v) is 1.97. The molecular weight excluding hydrogens is 201 g/mol. The van der Waals surface area contributed by atoms with Gasteiger partial charge in [-0.25, -0.2) is 3.11 Å². The number of rotatable bonds is 3. The van der Waals surface area contributed by atoms with Crippen molar-refractivity contribution in [3.05, 3.63) is 0 Å². The first-order valence-corrected chi connectivity index (χ1v) is 3.68.